The summed E-state index contributed by atoms with van der Waals surface area (Å²) in [6, 6.07) is 11.7. The van der Waals surface area contributed by atoms with E-state index in [1.54, 1.807) is 7.11 Å². The molecule has 8 heteroatoms. The number of rotatable bonds is 9. The number of carbonyl (C=O) groups excluding carboxylic acids is 1. The summed E-state index contributed by atoms with van der Waals surface area (Å²) in [6.45, 7) is 1.91. The van der Waals surface area contributed by atoms with Crippen molar-refractivity contribution in [1.82, 2.24) is 5.32 Å². The van der Waals surface area contributed by atoms with E-state index in [4.69, 9.17) is 4.74 Å². The van der Waals surface area contributed by atoms with E-state index < -0.39 is 27.8 Å². The summed E-state index contributed by atoms with van der Waals surface area (Å²) < 4.78 is 43.7. The Kier molecular flexibility index (Phi) is 7.39. The van der Waals surface area contributed by atoms with Crippen molar-refractivity contribution in [3.8, 4) is 5.75 Å². The summed E-state index contributed by atoms with van der Waals surface area (Å²) in [5.74, 6) is -0.120. The van der Waals surface area contributed by atoms with Crippen LogP contribution in [0.2, 0.25) is 0 Å². The van der Waals surface area contributed by atoms with Crippen molar-refractivity contribution in [2.45, 2.75) is 25.8 Å². The number of amides is 1. The molecule has 0 bridgehead atoms. The van der Waals surface area contributed by atoms with Gasteiger partial charge in [-0.2, -0.15) is 0 Å². The summed E-state index contributed by atoms with van der Waals surface area (Å²) in [7, 11) is -2.11. The van der Waals surface area contributed by atoms with Gasteiger partial charge < -0.3 is 10.1 Å². The van der Waals surface area contributed by atoms with Crippen molar-refractivity contribution in [1.29, 1.82) is 0 Å². The monoisotopic (exact) mass is 408 g/mol. The van der Waals surface area contributed by atoms with Crippen LogP contribution < -0.4 is 14.4 Å². The number of nitrogens with zero attached hydrogens (tertiary/aromatic N) is 1. The smallest absolute Gasteiger partial charge is 0.243 e. The molecular formula is C20H25FN2O4S. The van der Waals surface area contributed by atoms with E-state index in [2.05, 4.69) is 5.32 Å². The number of nitrogens with one attached hydrogen (secondary N) is 1. The molecule has 1 amide bonds. The first-order valence-electron chi connectivity index (χ1n) is 8.88. The van der Waals surface area contributed by atoms with Crippen LogP contribution in [0.25, 0.3) is 0 Å². The van der Waals surface area contributed by atoms with Gasteiger partial charge in [0.05, 0.1) is 19.1 Å². The summed E-state index contributed by atoms with van der Waals surface area (Å²) in [4.78, 5) is 12.5. The van der Waals surface area contributed by atoms with E-state index in [-0.39, 0.29) is 5.69 Å². The highest BCUT2D eigenvalue weighted by Crippen LogP contribution is 2.21. The second-order valence-corrected chi connectivity index (χ2v) is 8.32. The van der Waals surface area contributed by atoms with E-state index in [0.717, 1.165) is 40.4 Å². The Morgan fingerprint density at radius 2 is 1.89 bits per heavy atom. The molecule has 6 nitrogen and oxygen atoms in total. The van der Waals surface area contributed by atoms with Gasteiger partial charge >= 0.3 is 0 Å². The number of carbonyl (C=O) groups is 1. The first kappa shape index (κ1) is 21.7. The van der Waals surface area contributed by atoms with E-state index in [0.29, 0.717) is 13.0 Å². The molecule has 152 valence electrons. The van der Waals surface area contributed by atoms with Crippen LogP contribution in [0.1, 0.15) is 18.9 Å². The minimum Gasteiger partial charge on any atom is -0.497 e. The Hall–Kier alpha value is -2.61. The van der Waals surface area contributed by atoms with Crippen LogP contribution in [0.15, 0.2) is 48.5 Å². The predicted molar refractivity (Wildman–Crippen MR) is 108 cm³/mol. The lowest BCUT2D eigenvalue weighted by molar-refractivity contribution is -0.121. The molecule has 0 unspecified atom stereocenters. The number of hydrogen-bond donors (Lipinski definition) is 1. The molecule has 0 aliphatic heterocycles. The standard InChI is InChI=1S/C20H25FN2O4S/c1-15(23(28(3,25)26)18-11-9-17(21)10-12-18)20(24)22-13-5-7-16-6-4-8-19(14-16)27-2/h4,6,8-12,14-15H,5,7,13H2,1-3H3,(H,22,24)/t15-/m0/s1. The van der Waals surface area contributed by atoms with Gasteiger partial charge in [-0.05, 0) is 61.7 Å². The van der Waals surface area contributed by atoms with Crippen molar-refractivity contribution in [2.24, 2.45) is 0 Å². The molecule has 28 heavy (non-hydrogen) atoms. The number of ether oxygens (including phenoxy) is 1. The third kappa shape index (κ3) is 5.95. The van der Waals surface area contributed by atoms with E-state index in [1.165, 1.54) is 19.1 Å². The Balaban J connectivity index is 1.96. The molecule has 0 radical (unpaired) electrons. The highest BCUT2D eigenvalue weighted by atomic mass is 32.2. The van der Waals surface area contributed by atoms with E-state index >= 15 is 0 Å². The van der Waals surface area contributed by atoms with Gasteiger partial charge in [-0.3, -0.25) is 9.10 Å². The van der Waals surface area contributed by atoms with E-state index in [1.807, 2.05) is 24.3 Å². The van der Waals surface area contributed by atoms with Crippen LogP contribution >= 0.6 is 0 Å². The second kappa shape index (κ2) is 9.54. The summed E-state index contributed by atoms with van der Waals surface area (Å²) >= 11 is 0. The maximum Gasteiger partial charge on any atom is 0.243 e. The Labute approximate surface area is 165 Å². The topological polar surface area (TPSA) is 75.7 Å². The zero-order chi connectivity index (χ0) is 20.7. The van der Waals surface area contributed by atoms with Crippen LogP contribution in [-0.2, 0) is 21.2 Å². The van der Waals surface area contributed by atoms with Crippen molar-refractivity contribution >= 4 is 21.6 Å². The van der Waals surface area contributed by atoms with Gasteiger partial charge in [0.25, 0.3) is 0 Å². The predicted octanol–water partition coefficient (Wildman–Crippen LogP) is 2.74. The molecule has 2 aromatic carbocycles. The van der Waals surface area contributed by atoms with Gasteiger partial charge in [-0.1, -0.05) is 12.1 Å². The average Bonchev–Trinajstić information content (AvgIpc) is 2.65. The summed E-state index contributed by atoms with van der Waals surface area (Å²) in [5.41, 5.74) is 1.33. The zero-order valence-electron chi connectivity index (χ0n) is 16.2. The number of methoxy groups -OCH3 is 1. The Morgan fingerprint density at radius 1 is 1.21 bits per heavy atom. The molecule has 0 saturated carbocycles. The summed E-state index contributed by atoms with van der Waals surface area (Å²) in [6.07, 6.45) is 2.46. The highest BCUT2D eigenvalue weighted by Gasteiger charge is 2.28. The van der Waals surface area contributed by atoms with Crippen molar-refractivity contribution in [3.05, 3.63) is 59.9 Å². The van der Waals surface area contributed by atoms with Crippen LogP contribution in [-0.4, -0.2) is 40.3 Å². The average molecular weight is 408 g/mol. The fraction of sp³-hybridized carbons (Fsp3) is 0.350. The maximum atomic E-state index is 13.1. The van der Waals surface area contributed by atoms with Gasteiger partial charge in [0, 0.05) is 6.54 Å². The third-order valence-corrected chi connectivity index (χ3v) is 5.49. The number of anilines is 1. The van der Waals surface area contributed by atoms with Gasteiger partial charge in [-0.25, -0.2) is 12.8 Å². The zero-order valence-corrected chi connectivity index (χ0v) is 17.0. The quantitative estimate of drug-likeness (QED) is 0.648. The first-order valence-corrected chi connectivity index (χ1v) is 10.7. The van der Waals surface area contributed by atoms with Crippen molar-refractivity contribution < 1.29 is 22.3 Å². The summed E-state index contributed by atoms with van der Waals surface area (Å²) in [5, 5.41) is 2.76. The lowest BCUT2D eigenvalue weighted by Crippen LogP contribution is -2.48. The molecule has 0 aliphatic carbocycles. The number of sulfonamides is 1. The van der Waals surface area contributed by atoms with Gasteiger partial charge in [0.1, 0.15) is 17.6 Å². The molecular weight excluding hydrogens is 383 g/mol. The molecule has 0 aromatic heterocycles. The van der Waals surface area contributed by atoms with Crippen molar-refractivity contribution in [3.63, 3.8) is 0 Å². The first-order chi connectivity index (χ1) is 13.2. The number of halogens is 1. The van der Waals surface area contributed by atoms with Gasteiger partial charge in [0.2, 0.25) is 15.9 Å². The number of aryl methyl sites for hydroxylation is 1. The molecule has 0 fully saturated rings. The molecule has 0 spiro atoms. The fourth-order valence-corrected chi connectivity index (χ4v) is 4.05. The molecule has 2 aromatic rings. The maximum absolute atomic E-state index is 13.1. The van der Waals surface area contributed by atoms with Crippen LogP contribution in [0.3, 0.4) is 0 Å². The molecule has 1 atom stereocenters. The lowest BCUT2D eigenvalue weighted by Gasteiger charge is -2.28. The molecule has 0 saturated heterocycles. The largest absolute Gasteiger partial charge is 0.497 e. The molecule has 1 N–H and O–H groups in total. The van der Waals surface area contributed by atoms with Crippen molar-refractivity contribution in [2.75, 3.05) is 24.2 Å². The van der Waals surface area contributed by atoms with Gasteiger partial charge in [0.15, 0.2) is 0 Å². The minimum atomic E-state index is -3.72. The van der Waals surface area contributed by atoms with Gasteiger partial charge in [-0.15, -0.1) is 0 Å². The normalized spacial score (nSPS) is 12.3. The molecule has 2 rings (SSSR count). The Morgan fingerprint density at radius 3 is 2.50 bits per heavy atom. The highest BCUT2D eigenvalue weighted by molar-refractivity contribution is 7.92. The molecule has 0 heterocycles. The third-order valence-electron chi connectivity index (χ3n) is 4.25. The Bertz CT molecular complexity index is 901. The lowest BCUT2D eigenvalue weighted by atomic mass is 10.1. The number of benzene rings is 2. The SMILES string of the molecule is COc1cccc(CCCNC(=O)[C@H](C)N(c2ccc(F)cc2)S(C)(=O)=O)c1. The molecule has 0 aliphatic rings. The van der Waals surface area contributed by atoms with E-state index in [9.17, 15) is 17.6 Å². The second-order valence-electron chi connectivity index (χ2n) is 6.46. The van der Waals surface area contributed by atoms with Crippen LogP contribution in [0, 0.1) is 5.82 Å². The minimum absolute atomic E-state index is 0.239. The number of hydrogen-bond acceptors (Lipinski definition) is 4. The van der Waals surface area contributed by atoms with Crippen LogP contribution in [0.5, 0.6) is 5.75 Å². The van der Waals surface area contributed by atoms with Crippen LogP contribution in [0.4, 0.5) is 10.1 Å². The fourth-order valence-electron chi connectivity index (χ4n) is 2.88.